The van der Waals surface area contributed by atoms with E-state index in [1.54, 1.807) is 11.6 Å². The Bertz CT molecular complexity index is 988. The van der Waals surface area contributed by atoms with Crippen LogP contribution in [0.4, 0.5) is 0 Å². The molecule has 7 heteroatoms. The van der Waals surface area contributed by atoms with Gasteiger partial charge in [0.2, 0.25) is 0 Å². The monoisotopic (exact) mass is 385 g/mol. The summed E-state index contributed by atoms with van der Waals surface area (Å²) >= 11 is 6.33. The number of nitrogens with one attached hydrogen (secondary N) is 2. The average Bonchev–Trinajstić information content (AvgIpc) is 2.91. The molecule has 0 unspecified atom stereocenters. The van der Waals surface area contributed by atoms with Crippen molar-refractivity contribution in [3.63, 3.8) is 0 Å². The molecule has 0 saturated heterocycles. The number of carbonyl (C=O) groups is 2. The predicted octanol–water partition coefficient (Wildman–Crippen LogP) is 3.29. The summed E-state index contributed by atoms with van der Waals surface area (Å²) in [5.74, 6) is -0.342. The number of amides is 2. The number of aryl methyl sites for hydroxylation is 3. The Labute approximate surface area is 162 Å². The molecule has 0 fully saturated rings. The number of hydrazine groups is 1. The molecular weight excluding hydrogens is 366 g/mol. The van der Waals surface area contributed by atoms with Gasteiger partial charge in [-0.15, -0.1) is 0 Å². The largest absolute Gasteiger partial charge is 0.483 e. The fourth-order valence-corrected chi connectivity index (χ4v) is 3.20. The Morgan fingerprint density at radius 3 is 2.59 bits per heavy atom. The van der Waals surface area contributed by atoms with Crippen molar-refractivity contribution in [3.05, 3.63) is 64.3 Å². The van der Waals surface area contributed by atoms with E-state index in [4.69, 9.17) is 16.3 Å². The highest BCUT2D eigenvalue weighted by Crippen LogP contribution is 2.29. The zero-order valence-corrected chi connectivity index (χ0v) is 16.1. The smallest absolute Gasteiger partial charge is 0.287 e. The van der Waals surface area contributed by atoms with Crippen LogP contribution in [0.2, 0.25) is 5.02 Å². The molecule has 2 aromatic carbocycles. The van der Waals surface area contributed by atoms with Crippen molar-refractivity contribution in [2.75, 3.05) is 6.61 Å². The van der Waals surface area contributed by atoms with Crippen molar-refractivity contribution in [1.29, 1.82) is 0 Å². The first-order chi connectivity index (χ1) is 12.9. The van der Waals surface area contributed by atoms with Gasteiger partial charge in [0.05, 0.1) is 5.02 Å². The van der Waals surface area contributed by atoms with Crippen LogP contribution in [0.1, 0.15) is 21.6 Å². The van der Waals surface area contributed by atoms with Gasteiger partial charge in [-0.2, -0.15) is 0 Å². The standard InChI is InChI=1S/C20H20ClN3O3/c1-12-8-9-13(2)16(10-12)27-11-17(25)22-23-20(26)19-18(21)14-6-4-5-7-15(14)24(19)3/h4-10H,11H2,1-3H3,(H,22,25)(H,23,26). The molecule has 0 aliphatic carbocycles. The minimum Gasteiger partial charge on any atom is -0.483 e. The molecule has 3 aromatic rings. The first kappa shape index (κ1) is 18.8. The number of carbonyl (C=O) groups excluding carboxylic acids is 2. The van der Waals surface area contributed by atoms with E-state index in [1.807, 2.05) is 56.3 Å². The third kappa shape index (κ3) is 3.90. The lowest BCUT2D eigenvalue weighted by Gasteiger charge is -2.11. The molecule has 1 aromatic heterocycles. The molecule has 6 nitrogen and oxygen atoms in total. The SMILES string of the molecule is Cc1ccc(C)c(OCC(=O)NNC(=O)c2c(Cl)c3ccccc3n2C)c1. The van der Waals surface area contributed by atoms with Gasteiger partial charge in [0.1, 0.15) is 11.4 Å². The second-order valence-electron chi connectivity index (χ2n) is 6.30. The minimum absolute atomic E-state index is 0.215. The molecule has 140 valence electrons. The Kier molecular flexibility index (Phi) is 5.37. The third-order valence-electron chi connectivity index (χ3n) is 4.28. The Morgan fingerprint density at radius 1 is 1.11 bits per heavy atom. The number of ether oxygens (including phenoxy) is 1. The fraction of sp³-hybridized carbons (Fsp3) is 0.200. The molecule has 27 heavy (non-hydrogen) atoms. The number of aromatic nitrogens is 1. The van der Waals surface area contributed by atoms with Crippen molar-refractivity contribution in [3.8, 4) is 5.75 Å². The third-order valence-corrected chi connectivity index (χ3v) is 4.66. The Hall–Kier alpha value is -2.99. The summed E-state index contributed by atoms with van der Waals surface area (Å²) in [6.45, 7) is 3.63. The molecule has 1 heterocycles. The average molecular weight is 386 g/mol. The highest BCUT2D eigenvalue weighted by Gasteiger charge is 2.20. The second-order valence-corrected chi connectivity index (χ2v) is 6.68. The molecule has 0 saturated carbocycles. The van der Waals surface area contributed by atoms with Crippen molar-refractivity contribution < 1.29 is 14.3 Å². The van der Waals surface area contributed by atoms with E-state index in [9.17, 15) is 9.59 Å². The minimum atomic E-state index is -0.501. The van der Waals surface area contributed by atoms with Crippen LogP contribution in [0.3, 0.4) is 0 Å². The second kappa shape index (κ2) is 7.72. The molecule has 3 rings (SSSR count). The van der Waals surface area contributed by atoms with E-state index in [1.165, 1.54) is 0 Å². The lowest BCUT2D eigenvalue weighted by atomic mass is 10.1. The number of nitrogens with zero attached hydrogens (tertiary/aromatic N) is 1. The quantitative estimate of drug-likeness (QED) is 0.677. The number of halogens is 1. The lowest BCUT2D eigenvalue weighted by molar-refractivity contribution is -0.123. The number of rotatable bonds is 4. The zero-order valence-electron chi connectivity index (χ0n) is 15.3. The van der Waals surface area contributed by atoms with E-state index in [0.29, 0.717) is 10.8 Å². The first-order valence-electron chi connectivity index (χ1n) is 8.40. The van der Waals surface area contributed by atoms with Crippen molar-refractivity contribution >= 4 is 34.3 Å². The van der Waals surface area contributed by atoms with E-state index in [2.05, 4.69) is 10.9 Å². The number of fused-ring (bicyclic) bond motifs is 1. The van der Waals surface area contributed by atoms with E-state index in [-0.39, 0.29) is 12.3 Å². The van der Waals surface area contributed by atoms with Crippen molar-refractivity contribution in [2.24, 2.45) is 7.05 Å². The molecule has 0 spiro atoms. The summed E-state index contributed by atoms with van der Waals surface area (Å²) in [6, 6.07) is 13.2. The normalized spacial score (nSPS) is 10.7. The van der Waals surface area contributed by atoms with Crippen LogP contribution >= 0.6 is 11.6 Å². The molecule has 0 bridgehead atoms. The van der Waals surface area contributed by atoms with Crippen LogP contribution < -0.4 is 15.6 Å². The number of hydrogen-bond donors (Lipinski definition) is 2. The highest BCUT2D eigenvalue weighted by atomic mass is 35.5. The van der Waals surface area contributed by atoms with Gasteiger partial charge >= 0.3 is 0 Å². The Balaban J connectivity index is 1.62. The van der Waals surface area contributed by atoms with Gasteiger partial charge in [-0.3, -0.25) is 20.4 Å². The van der Waals surface area contributed by atoms with Crippen LogP contribution in [0.15, 0.2) is 42.5 Å². The number of hydrogen-bond acceptors (Lipinski definition) is 3. The van der Waals surface area contributed by atoms with Crippen LogP contribution in [-0.2, 0) is 11.8 Å². The van der Waals surface area contributed by atoms with Crippen LogP contribution in [-0.4, -0.2) is 23.0 Å². The van der Waals surface area contributed by atoms with Crippen LogP contribution in [0.25, 0.3) is 10.9 Å². The van der Waals surface area contributed by atoms with E-state index < -0.39 is 11.8 Å². The molecule has 0 aliphatic heterocycles. The summed E-state index contributed by atoms with van der Waals surface area (Å²) in [4.78, 5) is 24.5. The topological polar surface area (TPSA) is 72.4 Å². The van der Waals surface area contributed by atoms with Crippen molar-refractivity contribution in [1.82, 2.24) is 15.4 Å². The van der Waals surface area contributed by atoms with E-state index in [0.717, 1.165) is 22.0 Å². The number of benzene rings is 2. The first-order valence-corrected chi connectivity index (χ1v) is 8.78. The maximum Gasteiger partial charge on any atom is 0.287 e. The van der Waals surface area contributed by atoms with Gasteiger partial charge in [0.15, 0.2) is 6.61 Å². The van der Waals surface area contributed by atoms with Gasteiger partial charge in [0, 0.05) is 18.0 Å². The van der Waals surface area contributed by atoms with Gasteiger partial charge < -0.3 is 9.30 Å². The maximum atomic E-state index is 12.5. The van der Waals surface area contributed by atoms with Crippen molar-refractivity contribution in [2.45, 2.75) is 13.8 Å². The Morgan fingerprint density at radius 2 is 1.85 bits per heavy atom. The number of para-hydroxylation sites is 1. The van der Waals surface area contributed by atoms with Crippen LogP contribution in [0, 0.1) is 13.8 Å². The summed E-state index contributed by atoms with van der Waals surface area (Å²) in [5.41, 5.74) is 7.80. The van der Waals surface area contributed by atoms with Gasteiger partial charge in [-0.05, 0) is 37.1 Å². The summed E-state index contributed by atoms with van der Waals surface area (Å²) in [7, 11) is 1.74. The zero-order chi connectivity index (χ0) is 19.6. The predicted molar refractivity (Wildman–Crippen MR) is 105 cm³/mol. The van der Waals surface area contributed by atoms with E-state index >= 15 is 0 Å². The van der Waals surface area contributed by atoms with Gasteiger partial charge in [-0.1, -0.05) is 41.9 Å². The lowest BCUT2D eigenvalue weighted by Crippen LogP contribution is -2.44. The molecule has 2 N–H and O–H groups in total. The van der Waals surface area contributed by atoms with Gasteiger partial charge in [0.25, 0.3) is 11.8 Å². The summed E-state index contributed by atoms with van der Waals surface area (Å²) in [5, 5.41) is 1.11. The maximum absolute atomic E-state index is 12.5. The summed E-state index contributed by atoms with van der Waals surface area (Å²) in [6.07, 6.45) is 0. The van der Waals surface area contributed by atoms with Gasteiger partial charge in [-0.25, -0.2) is 0 Å². The fourth-order valence-electron chi connectivity index (χ4n) is 2.83. The summed E-state index contributed by atoms with van der Waals surface area (Å²) < 4.78 is 7.20. The molecule has 0 atom stereocenters. The molecule has 0 radical (unpaired) electrons. The molecule has 0 aliphatic rings. The highest BCUT2D eigenvalue weighted by molar-refractivity contribution is 6.38. The molecular formula is C20H20ClN3O3. The molecule has 2 amide bonds. The van der Waals surface area contributed by atoms with Crippen LogP contribution in [0.5, 0.6) is 5.75 Å².